The minimum Gasteiger partial charge on any atom is -0.378 e. The van der Waals surface area contributed by atoms with Gasteiger partial charge in [0.25, 0.3) is 0 Å². The molecule has 3 heteroatoms. The van der Waals surface area contributed by atoms with Crippen molar-refractivity contribution in [2.45, 2.75) is 81.9 Å². The third-order valence-corrected chi connectivity index (χ3v) is 5.37. The van der Waals surface area contributed by atoms with Gasteiger partial charge in [-0.25, -0.2) is 0 Å². The molecular weight excluding hydrogens is 236 g/mol. The highest BCUT2D eigenvalue weighted by Gasteiger charge is 2.39. The fourth-order valence-electron chi connectivity index (χ4n) is 4.02. The summed E-state index contributed by atoms with van der Waals surface area (Å²) in [7, 11) is 4.43. The highest BCUT2D eigenvalue weighted by atomic mass is 16.5. The van der Waals surface area contributed by atoms with Crippen molar-refractivity contribution in [3.8, 4) is 0 Å². The summed E-state index contributed by atoms with van der Waals surface area (Å²) in [6, 6.07) is 0.323. The monoisotopic (exact) mass is 268 g/mol. The number of nitrogens with two attached hydrogens (primary N) is 1. The molecule has 0 bridgehead atoms. The normalized spacial score (nSPS) is 28.7. The summed E-state index contributed by atoms with van der Waals surface area (Å²) in [6.07, 6.45) is 13.2. The van der Waals surface area contributed by atoms with Crippen LogP contribution >= 0.6 is 0 Å². The third kappa shape index (κ3) is 3.71. The maximum absolute atomic E-state index is 6.59. The molecule has 1 aliphatic carbocycles. The quantitative estimate of drug-likeness (QED) is 0.805. The molecule has 2 atom stereocenters. The number of ether oxygens (including phenoxy) is 1. The molecule has 2 fully saturated rings. The van der Waals surface area contributed by atoms with Gasteiger partial charge in [0.05, 0.1) is 6.10 Å². The van der Waals surface area contributed by atoms with Gasteiger partial charge in [-0.05, 0) is 59.0 Å². The lowest BCUT2D eigenvalue weighted by Crippen LogP contribution is -2.58. The Morgan fingerprint density at radius 3 is 2.53 bits per heavy atom. The summed E-state index contributed by atoms with van der Waals surface area (Å²) in [6.45, 7) is 0.971. The van der Waals surface area contributed by atoms with E-state index in [1.54, 1.807) is 0 Å². The van der Waals surface area contributed by atoms with Crippen LogP contribution in [-0.2, 0) is 4.74 Å². The smallest absolute Gasteiger partial charge is 0.0576 e. The Labute approximate surface area is 118 Å². The Balaban J connectivity index is 1.79. The molecule has 1 saturated carbocycles. The van der Waals surface area contributed by atoms with Gasteiger partial charge in [-0.2, -0.15) is 0 Å². The molecule has 2 N–H and O–H groups in total. The first kappa shape index (κ1) is 15.3. The van der Waals surface area contributed by atoms with Crippen molar-refractivity contribution in [2.75, 3.05) is 20.7 Å². The van der Waals surface area contributed by atoms with E-state index in [0.717, 1.165) is 13.0 Å². The van der Waals surface area contributed by atoms with E-state index in [4.69, 9.17) is 10.5 Å². The first-order chi connectivity index (χ1) is 9.15. The van der Waals surface area contributed by atoms with E-state index in [2.05, 4.69) is 19.0 Å². The standard InChI is InChI=1S/C16H32N2O/c1-18(2)16(11-4-3-5-12-16)15(17)10-6-8-14-9-7-13-19-14/h14-15H,3-13,17H2,1-2H3. The van der Waals surface area contributed by atoms with Crippen molar-refractivity contribution in [1.29, 1.82) is 0 Å². The lowest BCUT2D eigenvalue weighted by Gasteiger charge is -2.47. The Kier molecular flexibility index (Phi) is 5.67. The van der Waals surface area contributed by atoms with Crippen molar-refractivity contribution in [1.82, 2.24) is 4.90 Å². The number of likely N-dealkylation sites (N-methyl/N-ethyl adjacent to an activating group) is 1. The second-order valence-corrected chi connectivity index (χ2v) is 6.73. The van der Waals surface area contributed by atoms with Crippen LogP contribution in [-0.4, -0.2) is 43.3 Å². The lowest BCUT2D eigenvalue weighted by molar-refractivity contribution is 0.0628. The highest BCUT2D eigenvalue weighted by molar-refractivity contribution is 4.99. The number of hydrogen-bond donors (Lipinski definition) is 1. The lowest BCUT2D eigenvalue weighted by atomic mass is 9.74. The zero-order valence-electron chi connectivity index (χ0n) is 12.9. The van der Waals surface area contributed by atoms with Crippen LogP contribution in [0.15, 0.2) is 0 Å². The SMILES string of the molecule is CN(C)C1(C(N)CCCC2CCCO2)CCCCC1. The van der Waals surface area contributed by atoms with Crippen molar-refractivity contribution < 1.29 is 4.74 Å². The van der Waals surface area contributed by atoms with Crippen LogP contribution in [0.4, 0.5) is 0 Å². The summed E-state index contributed by atoms with van der Waals surface area (Å²) < 4.78 is 5.70. The summed E-state index contributed by atoms with van der Waals surface area (Å²) >= 11 is 0. The van der Waals surface area contributed by atoms with Crippen LogP contribution in [0.1, 0.15) is 64.2 Å². The molecule has 0 aromatic carbocycles. The van der Waals surface area contributed by atoms with Gasteiger partial charge < -0.3 is 15.4 Å². The molecule has 3 nitrogen and oxygen atoms in total. The maximum atomic E-state index is 6.59. The molecule has 0 aromatic heterocycles. The zero-order chi connectivity index (χ0) is 13.7. The average molecular weight is 268 g/mol. The zero-order valence-corrected chi connectivity index (χ0v) is 12.9. The van der Waals surface area contributed by atoms with Gasteiger partial charge >= 0.3 is 0 Å². The van der Waals surface area contributed by atoms with Crippen molar-refractivity contribution in [3.63, 3.8) is 0 Å². The van der Waals surface area contributed by atoms with Crippen molar-refractivity contribution in [2.24, 2.45) is 5.73 Å². The van der Waals surface area contributed by atoms with Crippen molar-refractivity contribution in [3.05, 3.63) is 0 Å². The molecule has 2 aliphatic rings. The van der Waals surface area contributed by atoms with Crippen LogP contribution in [0.3, 0.4) is 0 Å². The first-order valence-electron chi connectivity index (χ1n) is 8.20. The Hall–Kier alpha value is -0.120. The third-order valence-electron chi connectivity index (χ3n) is 5.37. The molecule has 1 aliphatic heterocycles. The van der Waals surface area contributed by atoms with Gasteiger partial charge in [0.15, 0.2) is 0 Å². The molecule has 2 rings (SSSR count). The molecule has 19 heavy (non-hydrogen) atoms. The predicted molar refractivity (Wildman–Crippen MR) is 80.3 cm³/mol. The van der Waals surface area contributed by atoms with E-state index in [1.165, 1.54) is 57.8 Å². The molecule has 0 aromatic rings. The van der Waals surface area contributed by atoms with Gasteiger partial charge in [-0.1, -0.05) is 19.3 Å². The van der Waals surface area contributed by atoms with Gasteiger partial charge in [0.2, 0.25) is 0 Å². The minimum atomic E-state index is 0.259. The van der Waals surface area contributed by atoms with Gasteiger partial charge in [-0.3, -0.25) is 0 Å². The first-order valence-corrected chi connectivity index (χ1v) is 8.20. The highest BCUT2D eigenvalue weighted by Crippen LogP contribution is 2.36. The largest absolute Gasteiger partial charge is 0.378 e. The molecule has 112 valence electrons. The second kappa shape index (κ2) is 7.05. The van der Waals surface area contributed by atoms with E-state index in [-0.39, 0.29) is 5.54 Å². The Morgan fingerprint density at radius 2 is 1.95 bits per heavy atom. The van der Waals surface area contributed by atoms with Gasteiger partial charge in [0.1, 0.15) is 0 Å². The molecule has 1 saturated heterocycles. The van der Waals surface area contributed by atoms with E-state index in [1.807, 2.05) is 0 Å². The van der Waals surface area contributed by atoms with E-state index in [9.17, 15) is 0 Å². The summed E-state index contributed by atoms with van der Waals surface area (Å²) in [5, 5.41) is 0. The van der Waals surface area contributed by atoms with Gasteiger partial charge in [-0.15, -0.1) is 0 Å². The number of hydrogen-bond acceptors (Lipinski definition) is 3. The van der Waals surface area contributed by atoms with Crippen LogP contribution < -0.4 is 5.73 Å². The summed E-state index contributed by atoms with van der Waals surface area (Å²) in [4.78, 5) is 2.41. The maximum Gasteiger partial charge on any atom is 0.0576 e. The van der Waals surface area contributed by atoms with Crippen LogP contribution in [0.25, 0.3) is 0 Å². The average Bonchev–Trinajstić information content (AvgIpc) is 2.92. The topological polar surface area (TPSA) is 38.5 Å². The fourth-order valence-corrected chi connectivity index (χ4v) is 4.02. The number of rotatable bonds is 6. The predicted octanol–water partition coefficient (Wildman–Crippen LogP) is 2.93. The van der Waals surface area contributed by atoms with Crippen molar-refractivity contribution >= 4 is 0 Å². The summed E-state index contributed by atoms with van der Waals surface area (Å²) in [5.41, 5.74) is 6.85. The summed E-state index contributed by atoms with van der Waals surface area (Å²) in [5.74, 6) is 0. The molecule has 0 spiro atoms. The molecule has 0 amide bonds. The Morgan fingerprint density at radius 1 is 1.21 bits per heavy atom. The van der Waals surface area contributed by atoms with Crippen LogP contribution in [0.5, 0.6) is 0 Å². The van der Waals surface area contributed by atoms with Gasteiger partial charge in [0, 0.05) is 18.2 Å². The molecule has 1 heterocycles. The fraction of sp³-hybridized carbons (Fsp3) is 1.00. The molecule has 2 unspecified atom stereocenters. The number of nitrogens with zero attached hydrogens (tertiary/aromatic N) is 1. The van der Waals surface area contributed by atoms with Crippen LogP contribution in [0.2, 0.25) is 0 Å². The minimum absolute atomic E-state index is 0.259. The van der Waals surface area contributed by atoms with E-state index < -0.39 is 0 Å². The van der Waals surface area contributed by atoms with E-state index in [0.29, 0.717) is 12.1 Å². The molecule has 0 radical (unpaired) electrons. The van der Waals surface area contributed by atoms with Crippen LogP contribution in [0, 0.1) is 0 Å². The van der Waals surface area contributed by atoms with E-state index >= 15 is 0 Å². The second-order valence-electron chi connectivity index (χ2n) is 6.73. The molecular formula is C16H32N2O. The Bertz CT molecular complexity index is 255.